The Labute approximate surface area is 77.7 Å². The SMILES string of the molecule is CCCC(C)OC(=O)C=CC(N)=O. The minimum atomic E-state index is -0.653. The molecule has 1 atom stereocenters. The molecule has 0 heterocycles. The van der Waals surface area contributed by atoms with Crippen LogP contribution in [-0.2, 0) is 14.3 Å². The summed E-state index contributed by atoms with van der Waals surface area (Å²) in [6, 6.07) is 0. The number of ether oxygens (including phenoxy) is 1. The number of carbonyl (C=O) groups excluding carboxylic acids is 2. The molecule has 0 rings (SSSR count). The fraction of sp³-hybridized carbons (Fsp3) is 0.556. The molecule has 0 saturated carbocycles. The van der Waals surface area contributed by atoms with Crippen molar-refractivity contribution in [3.8, 4) is 0 Å². The summed E-state index contributed by atoms with van der Waals surface area (Å²) < 4.78 is 4.91. The second-order valence-corrected chi connectivity index (χ2v) is 2.77. The summed E-state index contributed by atoms with van der Waals surface area (Å²) in [6.45, 7) is 3.81. The van der Waals surface area contributed by atoms with Crippen LogP contribution in [0, 0.1) is 0 Å². The van der Waals surface area contributed by atoms with Crippen LogP contribution in [0.2, 0.25) is 0 Å². The van der Waals surface area contributed by atoms with Crippen molar-refractivity contribution in [2.45, 2.75) is 32.8 Å². The van der Waals surface area contributed by atoms with Crippen molar-refractivity contribution in [3.05, 3.63) is 12.2 Å². The molecule has 0 aliphatic heterocycles. The molecule has 0 aromatic carbocycles. The van der Waals surface area contributed by atoms with E-state index in [9.17, 15) is 9.59 Å². The number of hydrogen-bond donors (Lipinski definition) is 1. The fourth-order valence-electron chi connectivity index (χ4n) is 0.853. The van der Waals surface area contributed by atoms with Gasteiger partial charge in [0.2, 0.25) is 5.91 Å². The van der Waals surface area contributed by atoms with Gasteiger partial charge in [0.05, 0.1) is 6.10 Å². The third-order valence-corrected chi connectivity index (χ3v) is 1.40. The van der Waals surface area contributed by atoms with Crippen molar-refractivity contribution < 1.29 is 14.3 Å². The Kier molecular flexibility index (Phi) is 5.59. The van der Waals surface area contributed by atoms with Crippen LogP contribution in [0.4, 0.5) is 0 Å². The highest BCUT2D eigenvalue weighted by atomic mass is 16.5. The molecular weight excluding hydrogens is 170 g/mol. The molecule has 0 aromatic heterocycles. The van der Waals surface area contributed by atoms with Crippen molar-refractivity contribution in [1.82, 2.24) is 0 Å². The Bertz CT molecular complexity index is 211. The first kappa shape index (κ1) is 11.7. The van der Waals surface area contributed by atoms with Gasteiger partial charge in [-0.25, -0.2) is 4.79 Å². The standard InChI is InChI=1S/C9H15NO3/c1-3-4-7(2)13-9(12)6-5-8(10)11/h5-7H,3-4H2,1-2H3,(H2,10,11). The fourth-order valence-corrected chi connectivity index (χ4v) is 0.853. The lowest BCUT2D eigenvalue weighted by Gasteiger charge is -2.09. The van der Waals surface area contributed by atoms with E-state index in [1.54, 1.807) is 6.92 Å². The predicted octanol–water partition coefficient (Wildman–Crippen LogP) is 0.760. The van der Waals surface area contributed by atoms with E-state index >= 15 is 0 Å². The number of hydrogen-bond acceptors (Lipinski definition) is 3. The normalized spacial score (nSPS) is 12.8. The second kappa shape index (κ2) is 6.22. The topological polar surface area (TPSA) is 69.4 Å². The first-order valence-corrected chi connectivity index (χ1v) is 4.24. The van der Waals surface area contributed by atoms with Crippen molar-refractivity contribution >= 4 is 11.9 Å². The van der Waals surface area contributed by atoms with Gasteiger partial charge in [0, 0.05) is 12.2 Å². The highest BCUT2D eigenvalue weighted by Crippen LogP contribution is 2.01. The lowest BCUT2D eigenvalue weighted by atomic mass is 10.2. The van der Waals surface area contributed by atoms with E-state index in [2.05, 4.69) is 0 Å². The van der Waals surface area contributed by atoms with Crippen molar-refractivity contribution in [1.29, 1.82) is 0 Å². The van der Waals surface area contributed by atoms with Gasteiger partial charge in [-0.05, 0) is 13.3 Å². The zero-order valence-corrected chi connectivity index (χ0v) is 7.95. The van der Waals surface area contributed by atoms with Gasteiger partial charge in [0.15, 0.2) is 0 Å². The lowest BCUT2D eigenvalue weighted by Crippen LogP contribution is -2.13. The summed E-state index contributed by atoms with van der Waals surface area (Å²) in [7, 11) is 0. The molecule has 1 unspecified atom stereocenters. The molecule has 13 heavy (non-hydrogen) atoms. The molecule has 0 aliphatic carbocycles. The molecule has 1 amide bonds. The van der Waals surface area contributed by atoms with Crippen molar-refractivity contribution in [3.63, 3.8) is 0 Å². The Morgan fingerprint density at radius 2 is 2.08 bits per heavy atom. The summed E-state index contributed by atoms with van der Waals surface area (Å²) in [6.07, 6.45) is 3.68. The van der Waals surface area contributed by atoms with E-state index in [0.717, 1.165) is 25.0 Å². The summed E-state index contributed by atoms with van der Waals surface area (Å²) in [5.41, 5.74) is 4.80. The third-order valence-electron chi connectivity index (χ3n) is 1.40. The van der Waals surface area contributed by atoms with Crippen molar-refractivity contribution in [2.24, 2.45) is 5.73 Å². The van der Waals surface area contributed by atoms with Crippen molar-refractivity contribution in [2.75, 3.05) is 0 Å². The van der Waals surface area contributed by atoms with E-state index < -0.39 is 11.9 Å². The molecule has 0 radical (unpaired) electrons. The molecule has 0 spiro atoms. The van der Waals surface area contributed by atoms with Crippen LogP contribution < -0.4 is 5.73 Å². The highest BCUT2D eigenvalue weighted by Gasteiger charge is 2.04. The quantitative estimate of drug-likeness (QED) is 0.507. The van der Waals surface area contributed by atoms with Gasteiger partial charge in [-0.15, -0.1) is 0 Å². The van der Waals surface area contributed by atoms with E-state index in [1.165, 1.54) is 0 Å². The Morgan fingerprint density at radius 3 is 2.54 bits per heavy atom. The van der Waals surface area contributed by atoms with Gasteiger partial charge in [-0.2, -0.15) is 0 Å². The van der Waals surface area contributed by atoms with E-state index in [-0.39, 0.29) is 6.10 Å². The molecule has 74 valence electrons. The van der Waals surface area contributed by atoms with Crippen LogP contribution in [0.1, 0.15) is 26.7 Å². The molecule has 0 bridgehead atoms. The van der Waals surface area contributed by atoms with E-state index in [1.807, 2.05) is 6.92 Å². The molecular formula is C9H15NO3. The number of esters is 1. The first-order valence-electron chi connectivity index (χ1n) is 4.24. The summed E-state index contributed by atoms with van der Waals surface area (Å²) in [4.78, 5) is 21.2. The van der Waals surface area contributed by atoms with Gasteiger partial charge in [0.1, 0.15) is 0 Å². The summed E-state index contributed by atoms with van der Waals surface area (Å²) >= 11 is 0. The van der Waals surface area contributed by atoms with Crippen LogP contribution in [0.15, 0.2) is 12.2 Å². The van der Waals surface area contributed by atoms with E-state index in [0.29, 0.717) is 0 Å². The van der Waals surface area contributed by atoms with E-state index in [4.69, 9.17) is 10.5 Å². The Hall–Kier alpha value is -1.32. The van der Waals surface area contributed by atoms with Gasteiger partial charge in [-0.1, -0.05) is 13.3 Å². The number of amides is 1. The summed E-state index contributed by atoms with van der Waals surface area (Å²) in [5, 5.41) is 0. The molecule has 4 heteroatoms. The van der Waals surface area contributed by atoms with Crippen LogP contribution in [-0.4, -0.2) is 18.0 Å². The number of primary amides is 1. The van der Waals surface area contributed by atoms with Gasteiger partial charge >= 0.3 is 5.97 Å². The second-order valence-electron chi connectivity index (χ2n) is 2.77. The molecule has 0 saturated heterocycles. The molecule has 0 aliphatic rings. The van der Waals surface area contributed by atoms with Crippen LogP contribution in [0.5, 0.6) is 0 Å². The third kappa shape index (κ3) is 7.05. The molecule has 4 nitrogen and oxygen atoms in total. The summed E-state index contributed by atoms with van der Waals surface area (Å²) in [5.74, 6) is -1.18. The first-order chi connectivity index (χ1) is 6.06. The molecule has 0 fully saturated rings. The molecule has 2 N–H and O–H groups in total. The average Bonchev–Trinajstić information content (AvgIpc) is 2.01. The van der Waals surface area contributed by atoms with Gasteiger partial charge in [0.25, 0.3) is 0 Å². The van der Waals surface area contributed by atoms with Crippen LogP contribution >= 0.6 is 0 Å². The maximum absolute atomic E-state index is 10.9. The molecule has 0 aromatic rings. The maximum Gasteiger partial charge on any atom is 0.331 e. The average molecular weight is 185 g/mol. The number of rotatable bonds is 5. The van der Waals surface area contributed by atoms with Gasteiger partial charge < -0.3 is 10.5 Å². The zero-order chi connectivity index (χ0) is 10.3. The smallest absolute Gasteiger partial charge is 0.331 e. The largest absolute Gasteiger partial charge is 0.460 e. The number of nitrogens with two attached hydrogens (primary N) is 1. The van der Waals surface area contributed by atoms with Crippen LogP contribution in [0.25, 0.3) is 0 Å². The highest BCUT2D eigenvalue weighted by molar-refractivity contribution is 5.93. The Morgan fingerprint density at radius 1 is 1.46 bits per heavy atom. The van der Waals surface area contributed by atoms with Gasteiger partial charge in [-0.3, -0.25) is 4.79 Å². The minimum Gasteiger partial charge on any atom is -0.460 e. The minimum absolute atomic E-state index is 0.116. The number of carbonyl (C=O) groups is 2. The monoisotopic (exact) mass is 185 g/mol. The predicted molar refractivity (Wildman–Crippen MR) is 48.8 cm³/mol. The zero-order valence-electron chi connectivity index (χ0n) is 7.95. The van der Waals surface area contributed by atoms with Crippen LogP contribution in [0.3, 0.4) is 0 Å². The lowest BCUT2D eigenvalue weighted by molar-refractivity contribution is -0.142. The maximum atomic E-state index is 10.9. The Balaban J connectivity index is 3.80.